The van der Waals surface area contributed by atoms with Crippen LogP contribution in [0.15, 0.2) is 0 Å². The third-order valence-electron chi connectivity index (χ3n) is 2.87. The molecular formula is C10H23NO. The Hall–Kier alpha value is -0.0800. The number of hydrogen-bond acceptors (Lipinski definition) is 2. The first-order chi connectivity index (χ1) is 5.64. The third kappa shape index (κ3) is 3.11. The highest BCUT2D eigenvalue weighted by atomic mass is 16.5. The fourth-order valence-corrected chi connectivity index (χ4v) is 1.46. The maximum atomic E-state index is 5.71. The zero-order valence-corrected chi connectivity index (χ0v) is 8.89. The molecule has 0 saturated heterocycles. The summed E-state index contributed by atoms with van der Waals surface area (Å²) in [6, 6.07) is 0. The highest BCUT2D eigenvalue weighted by molar-refractivity contribution is 4.81. The molecular weight excluding hydrogens is 150 g/mol. The van der Waals surface area contributed by atoms with Gasteiger partial charge in [0, 0.05) is 13.7 Å². The van der Waals surface area contributed by atoms with Crippen molar-refractivity contribution >= 4 is 0 Å². The third-order valence-corrected chi connectivity index (χ3v) is 2.87. The predicted molar refractivity (Wildman–Crippen MR) is 53.2 cm³/mol. The van der Waals surface area contributed by atoms with Crippen LogP contribution in [0.3, 0.4) is 0 Å². The molecule has 0 saturated carbocycles. The van der Waals surface area contributed by atoms with Gasteiger partial charge in [0.2, 0.25) is 0 Å². The summed E-state index contributed by atoms with van der Waals surface area (Å²) >= 11 is 0. The molecule has 0 aromatic rings. The number of nitrogens with two attached hydrogens (primary N) is 1. The van der Waals surface area contributed by atoms with Crippen LogP contribution in [-0.2, 0) is 4.74 Å². The van der Waals surface area contributed by atoms with Gasteiger partial charge in [0.15, 0.2) is 0 Å². The summed E-state index contributed by atoms with van der Waals surface area (Å²) in [5.74, 6) is 0.702. The number of methoxy groups -OCH3 is 1. The first-order valence-electron chi connectivity index (χ1n) is 4.89. The Morgan fingerprint density at radius 1 is 1.42 bits per heavy atom. The lowest BCUT2D eigenvalue weighted by molar-refractivity contribution is -0.0238. The molecule has 0 spiro atoms. The van der Waals surface area contributed by atoms with E-state index in [0.717, 1.165) is 12.8 Å². The molecule has 0 amide bonds. The smallest absolute Gasteiger partial charge is 0.0800 e. The van der Waals surface area contributed by atoms with Crippen molar-refractivity contribution in [2.24, 2.45) is 11.7 Å². The molecule has 2 unspecified atom stereocenters. The van der Waals surface area contributed by atoms with E-state index in [0.29, 0.717) is 12.5 Å². The monoisotopic (exact) mass is 173 g/mol. The number of hydrogen-bond donors (Lipinski definition) is 1. The van der Waals surface area contributed by atoms with Gasteiger partial charge in [-0.1, -0.05) is 27.2 Å². The lowest BCUT2D eigenvalue weighted by Gasteiger charge is -2.32. The fraction of sp³-hybridized carbons (Fsp3) is 1.00. The summed E-state index contributed by atoms with van der Waals surface area (Å²) in [5.41, 5.74) is 5.63. The van der Waals surface area contributed by atoms with Crippen LogP contribution in [0.5, 0.6) is 0 Å². The second kappa shape index (κ2) is 5.55. The Kier molecular flexibility index (Phi) is 5.51. The molecule has 0 aromatic heterocycles. The molecule has 2 N–H and O–H groups in total. The molecule has 74 valence electrons. The second-order valence-electron chi connectivity index (χ2n) is 3.66. The topological polar surface area (TPSA) is 35.2 Å². The van der Waals surface area contributed by atoms with Gasteiger partial charge in [-0.15, -0.1) is 0 Å². The standard InChI is InChI=1S/C10H23NO/c1-5-9(3)7-10(6-2,8-11)12-4/h9H,5-8,11H2,1-4H3. The summed E-state index contributed by atoms with van der Waals surface area (Å²) in [4.78, 5) is 0. The Balaban J connectivity index is 4.09. The first-order valence-corrected chi connectivity index (χ1v) is 4.89. The molecule has 0 bridgehead atoms. The second-order valence-corrected chi connectivity index (χ2v) is 3.66. The van der Waals surface area contributed by atoms with E-state index in [4.69, 9.17) is 10.5 Å². The van der Waals surface area contributed by atoms with Gasteiger partial charge in [0.05, 0.1) is 5.60 Å². The maximum Gasteiger partial charge on any atom is 0.0800 e. The van der Waals surface area contributed by atoms with Crippen LogP contribution in [0.1, 0.15) is 40.0 Å². The Morgan fingerprint density at radius 2 is 2.00 bits per heavy atom. The lowest BCUT2D eigenvalue weighted by atomic mass is 9.88. The highest BCUT2D eigenvalue weighted by Gasteiger charge is 2.27. The van der Waals surface area contributed by atoms with Crippen molar-refractivity contribution in [2.45, 2.75) is 45.6 Å². The zero-order valence-electron chi connectivity index (χ0n) is 8.89. The van der Waals surface area contributed by atoms with Gasteiger partial charge in [0.25, 0.3) is 0 Å². The lowest BCUT2D eigenvalue weighted by Crippen LogP contribution is -2.40. The van der Waals surface area contributed by atoms with Gasteiger partial charge in [-0.2, -0.15) is 0 Å². The van der Waals surface area contributed by atoms with E-state index < -0.39 is 0 Å². The van der Waals surface area contributed by atoms with Crippen molar-refractivity contribution in [3.8, 4) is 0 Å². The average Bonchev–Trinajstić information content (AvgIpc) is 2.14. The molecule has 2 atom stereocenters. The van der Waals surface area contributed by atoms with Crippen LogP contribution in [0.4, 0.5) is 0 Å². The summed E-state index contributed by atoms with van der Waals surface area (Å²) < 4.78 is 5.48. The van der Waals surface area contributed by atoms with Crippen LogP contribution in [0.25, 0.3) is 0 Å². The molecule has 0 radical (unpaired) electrons. The van der Waals surface area contributed by atoms with Gasteiger partial charge >= 0.3 is 0 Å². The summed E-state index contributed by atoms with van der Waals surface area (Å²) in [6.45, 7) is 7.22. The predicted octanol–water partition coefficient (Wildman–Crippen LogP) is 2.18. The van der Waals surface area contributed by atoms with E-state index in [1.807, 2.05) is 0 Å². The van der Waals surface area contributed by atoms with Crippen molar-refractivity contribution in [1.82, 2.24) is 0 Å². The summed E-state index contributed by atoms with van der Waals surface area (Å²) in [7, 11) is 1.76. The van der Waals surface area contributed by atoms with E-state index in [1.54, 1.807) is 7.11 Å². The molecule has 0 fully saturated rings. The van der Waals surface area contributed by atoms with Crippen molar-refractivity contribution in [3.63, 3.8) is 0 Å². The van der Waals surface area contributed by atoms with Crippen molar-refractivity contribution in [2.75, 3.05) is 13.7 Å². The largest absolute Gasteiger partial charge is 0.377 e. The van der Waals surface area contributed by atoms with Gasteiger partial charge in [-0.25, -0.2) is 0 Å². The van der Waals surface area contributed by atoms with Crippen LogP contribution in [-0.4, -0.2) is 19.3 Å². The molecule has 0 aliphatic heterocycles. The molecule has 2 heteroatoms. The number of ether oxygens (including phenoxy) is 1. The van der Waals surface area contributed by atoms with Crippen molar-refractivity contribution < 1.29 is 4.74 Å². The van der Waals surface area contributed by atoms with Gasteiger partial charge in [-0.05, 0) is 18.8 Å². The van der Waals surface area contributed by atoms with Crippen LogP contribution in [0, 0.1) is 5.92 Å². The van der Waals surface area contributed by atoms with Crippen LogP contribution >= 0.6 is 0 Å². The quantitative estimate of drug-likeness (QED) is 0.668. The maximum absolute atomic E-state index is 5.71. The Labute approximate surface area is 76.5 Å². The SMILES string of the molecule is CCC(C)CC(CC)(CN)OC. The summed E-state index contributed by atoms with van der Waals surface area (Å²) in [5, 5.41) is 0. The van der Waals surface area contributed by atoms with E-state index in [1.165, 1.54) is 6.42 Å². The van der Waals surface area contributed by atoms with E-state index in [2.05, 4.69) is 20.8 Å². The average molecular weight is 173 g/mol. The van der Waals surface area contributed by atoms with Crippen molar-refractivity contribution in [1.29, 1.82) is 0 Å². The molecule has 0 aliphatic rings. The van der Waals surface area contributed by atoms with Crippen LogP contribution < -0.4 is 5.73 Å². The molecule has 12 heavy (non-hydrogen) atoms. The van der Waals surface area contributed by atoms with E-state index >= 15 is 0 Å². The number of rotatable bonds is 6. The molecule has 0 heterocycles. The van der Waals surface area contributed by atoms with Crippen LogP contribution in [0.2, 0.25) is 0 Å². The minimum atomic E-state index is -0.0740. The molecule has 2 nitrogen and oxygen atoms in total. The minimum absolute atomic E-state index is 0.0740. The first kappa shape index (κ1) is 11.9. The summed E-state index contributed by atoms with van der Waals surface area (Å²) in [6.07, 6.45) is 3.28. The molecule has 0 aromatic carbocycles. The normalized spacial score (nSPS) is 18.8. The van der Waals surface area contributed by atoms with Gasteiger partial charge < -0.3 is 10.5 Å². The van der Waals surface area contributed by atoms with E-state index in [-0.39, 0.29) is 5.60 Å². The fourth-order valence-electron chi connectivity index (χ4n) is 1.46. The van der Waals surface area contributed by atoms with Crippen molar-refractivity contribution in [3.05, 3.63) is 0 Å². The van der Waals surface area contributed by atoms with E-state index in [9.17, 15) is 0 Å². The zero-order chi connectivity index (χ0) is 9.61. The Morgan fingerprint density at radius 3 is 2.25 bits per heavy atom. The highest BCUT2D eigenvalue weighted by Crippen LogP contribution is 2.24. The Bertz CT molecular complexity index is 102. The minimum Gasteiger partial charge on any atom is -0.377 e. The van der Waals surface area contributed by atoms with Gasteiger partial charge in [0.1, 0.15) is 0 Å². The van der Waals surface area contributed by atoms with Gasteiger partial charge in [-0.3, -0.25) is 0 Å². The molecule has 0 aliphatic carbocycles. The molecule has 0 rings (SSSR count).